The quantitative estimate of drug-likeness (QED) is 0.510. The Morgan fingerprint density at radius 2 is 2.20 bits per heavy atom. The average Bonchev–Trinajstić information content (AvgIpc) is 2.05. The topological polar surface area (TPSA) is 30.8 Å². The summed E-state index contributed by atoms with van der Waals surface area (Å²) in [6.45, 7) is 5.75. The van der Waals surface area contributed by atoms with E-state index < -0.39 is 5.72 Å². The summed E-state index contributed by atoms with van der Waals surface area (Å²) < 4.78 is 10.4. The van der Waals surface area contributed by atoms with Gasteiger partial charge in [-0.15, -0.1) is 0 Å². The van der Waals surface area contributed by atoms with E-state index >= 15 is 0 Å². The molecule has 1 aliphatic heterocycles. The Morgan fingerprint density at radius 1 is 1.60 bits per heavy atom. The molecule has 0 N–H and O–H groups in total. The molecule has 0 aromatic carbocycles. The molecule has 1 aliphatic rings. The lowest BCUT2D eigenvalue weighted by Gasteiger charge is -2.13. The number of methoxy groups -OCH3 is 1. The Balaban J connectivity index is 2.72. The Hall–Kier alpha value is -0.570. The third kappa shape index (κ3) is 1.29. The average molecular weight is 143 g/mol. The van der Waals surface area contributed by atoms with Crippen molar-refractivity contribution in [3.63, 3.8) is 0 Å². The van der Waals surface area contributed by atoms with Crippen LogP contribution in [0, 0.1) is 0 Å². The molecule has 0 aromatic heterocycles. The minimum Gasteiger partial charge on any atom is -0.482 e. The van der Waals surface area contributed by atoms with Crippen LogP contribution in [-0.4, -0.2) is 24.8 Å². The summed E-state index contributed by atoms with van der Waals surface area (Å²) in [5.74, 6) is 0.685. The Morgan fingerprint density at radius 3 is 2.40 bits per heavy atom. The van der Waals surface area contributed by atoms with Crippen LogP contribution in [-0.2, 0) is 9.47 Å². The third-order valence-electron chi connectivity index (χ3n) is 1.40. The molecule has 58 valence electrons. The van der Waals surface area contributed by atoms with Gasteiger partial charge >= 0.3 is 0 Å². The number of rotatable bonds is 0. The summed E-state index contributed by atoms with van der Waals surface area (Å²) in [6.07, 6.45) is -0.000000000000000222. The number of ether oxygens (including phenoxy) is 2. The summed E-state index contributed by atoms with van der Waals surface area (Å²) >= 11 is 0. The second-order valence-electron chi connectivity index (χ2n) is 2.86. The zero-order valence-electron chi connectivity index (χ0n) is 6.84. The minimum absolute atomic E-state index is 0.000000000000000222. The minimum atomic E-state index is -0.398. The van der Waals surface area contributed by atoms with Gasteiger partial charge in [0.05, 0.1) is 7.11 Å². The van der Waals surface area contributed by atoms with Crippen LogP contribution in [0.15, 0.2) is 4.99 Å². The van der Waals surface area contributed by atoms with E-state index in [0.29, 0.717) is 5.90 Å². The van der Waals surface area contributed by atoms with E-state index in [-0.39, 0.29) is 6.10 Å². The maximum Gasteiger partial charge on any atom is 0.215 e. The Labute approximate surface area is 61.0 Å². The highest BCUT2D eigenvalue weighted by molar-refractivity contribution is 5.82. The van der Waals surface area contributed by atoms with Crippen LogP contribution < -0.4 is 0 Å². The highest BCUT2D eigenvalue weighted by atomic mass is 16.6. The van der Waals surface area contributed by atoms with Crippen LogP contribution in [0.3, 0.4) is 0 Å². The van der Waals surface area contributed by atoms with Crippen molar-refractivity contribution in [2.45, 2.75) is 32.6 Å². The number of aliphatic imine (C=N–C) groups is 1. The molecule has 3 nitrogen and oxygen atoms in total. The highest BCUT2D eigenvalue weighted by Gasteiger charge is 2.31. The largest absolute Gasteiger partial charge is 0.482 e. The van der Waals surface area contributed by atoms with Crippen molar-refractivity contribution in [2.75, 3.05) is 7.11 Å². The monoisotopic (exact) mass is 143 g/mol. The standard InChI is InChI=1S/C7H13NO2/c1-5-6(9-4)8-7(2,3)10-5/h5H,1-4H3. The first-order chi connectivity index (χ1) is 4.55. The number of hydrogen-bond donors (Lipinski definition) is 0. The molecule has 0 radical (unpaired) electrons. The first kappa shape index (κ1) is 7.54. The molecule has 3 heteroatoms. The van der Waals surface area contributed by atoms with Gasteiger partial charge in [-0.2, -0.15) is 0 Å². The van der Waals surface area contributed by atoms with Gasteiger partial charge in [0, 0.05) is 0 Å². The molecule has 1 rings (SSSR count). The Bertz CT molecular complexity index is 163. The van der Waals surface area contributed by atoms with E-state index in [2.05, 4.69) is 4.99 Å². The van der Waals surface area contributed by atoms with Gasteiger partial charge in [0.15, 0.2) is 5.72 Å². The van der Waals surface area contributed by atoms with Crippen molar-refractivity contribution in [1.82, 2.24) is 0 Å². The van der Waals surface area contributed by atoms with Gasteiger partial charge in [0.25, 0.3) is 0 Å². The fourth-order valence-corrected chi connectivity index (χ4v) is 1.08. The first-order valence-electron chi connectivity index (χ1n) is 3.37. The van der Waals surface area contributed by atoms with Crippen LogP contribution in [0.4, 0.5) is 0 Å². The third-order valence-corrected chi connectivity index (χ3v) is 1.40. The summed E-state index contributed by atoms with van der Waals surface area (Å²) in [6, 6.07) is 0. The number of nitrogens with zero attached hydrogens (tertiary/aromatic N) is 1. The van der Waals surface area contributed by atoms with E-state index in [1.165, 1.54) is 0 Å². The van der Waals surface area contributed by atoms with E-state index in [0.717, 1.165) is 0 Å². The van der Waals surface area contributed by atoms with Crippen molar-refractivity contribution in [1.29, 1.82) is 0 Å². The predicted molar refractivity (Wildman–Crippen MR) is 39.1 cm³/mol. The smallest absolute Gasteiger partial charge is 0.215 e. The van der Waals surface area contributed by atoms with Crippen molar-refractivity contribution < 1.29 is 9.47 Å². The van der Waals surface area contributed by atoms with Gasteiger partial charge in [-0.1, -0.05) is 0 Å². The molecule has 10 heavy (non-hydrogen) atoms. The highest BCUT2D eigenvalue weighted by Crippen LogP contribution is 2.22. The lowest BCUT2D eigenvalue weighted by Crippen LogP contribution is -2.21. The molecule has 1 unspecified atom stereocenters. The van der Waals surface area contributed by atoms with Crippen molar-refractivity contribution in [3.05, 3.63) is 0 Å². The van der Waals surface area contributed by atoms with Crippen molar-refractivity contribution in [2.24, 2.45) is 4.99 Å². The van der Waals surface area contributed by atoms with E-state index in [4.69, 9.17) is 9.47 Å². The molecule has 0 spiro atoms. The molecule has 0 aliphatic carbocycles. The normalized spacial score (nSPS) is 30.0. The molecule has 1 atom stereocenters. The first-order valence-corrected chi connectivity index (χ1v) is 3.37. The lowest BCUT2D eigenvalue weighted by molar-refractivity contribution is -0.0101. The molecular formula is C7H13NO2. The zero-order valence-corrected chi connectivity index (χ0v) is 6.84. The summed E-state index contributed by atoms with van der Waals surface area (Å²) in [4.78, 5) is 4.19. The van der Waals surface area contributed by atoms with E-state index in [1.807, 2.05) is 20.8 Å². The van der Waals surface area contributed by atoms with Crippen molar-refractivity contribution >= 4 is 5.90 Å². The molecule has 0 bridgehead atoms. The number of hydrogen-bond acceptors (Lipinski definition) is 3. The van der Waals surface area contributed by atoms with Crippen LogP contribution in [0.2, 0.25) is 0 Å². The maximum atomic E-state index is 5.42. The second kappa shape index (κ2) is 2.23. The molecule has 0 fully saturated rings. The maximum absolute atomic E-state index is 5.42. The van der Waals surface area contributed by atoms with E-state index in [9.17, 15) is 0 Å². The second-order valence-corrected chi connectivity index (χ2v) is 2.86. The van der Waals surface area contributed by atoms with Gasteiger partial charge in [0.2, 0.25) is 5.90 Å². The predicted octanol–water partition coefficient (Wildman–Crippen LogP) is 1.19. The van der Waals surface area contributed by atoms with Crippen LogP contribution in [0.25, 0.3) is 0 Å². The summed E-state index contributed by atoms with van der Waals surface area (Å²) in [7, 11) is 1.61. The molecule has 0 amide bonds. The molecule has 0 aromatic rings. The van der Waals surface area contributed by atoms with Gasteiger partial charge in [-0.25, -0.2) is 4.99 Å². The SMILES string of the molecule is COC1=NC(C)(C)OC1C. The summed E-state index contributed by atoms with van der Waals surface area (Å²) in [5.41, 5.74) is -0.398. The van der Waals surface area contributed by atoms with Gasteiger partial charge in [-0.3, -0.25) is 0 Å². The fourth-order valence-electron chi connectivity index (χ4n) is 1.08. The van der Waals surface area contributed by atoms with Crippen molar-refractivity contribution in [3.8, 4) is 0 Å². The van der Waals surface area contributed by atoms with Gasteiger partial charge in [0.1, 0.15) is 6.10 Å². The van der Waals surface area contributed by atoms with Crippen LogP contribution >= 0.6 is 0 Å². The molecule has 0 saturated heterocycles. The van der Waals surface area contributed by atoms with Crippen LogP contribution in [0.5, 0.6) is 0 Å². The van der Waals surface area contributed by atoms with Gasteiger partial charge in [-0.05, 0) is 20.8 Å². The lowest BCUT2D eigenvalue weighted by atomic mass is 10.3. The zero-order chi connectivity index (χ0) is 7.78. The van der Waals surface area contributed by atoms with Gasteiger partial charge < -0.3 is 9.47 Å². The molecule has 1 heterocycles. The molecular weight excluding hydrogens is 130 g/mol. The summed E-state index contributed by atoms with van der Waals surface area (Å²) in [5, 5.41) is 0. The molecule has 0 saturated carbocycles. The van der Waals surface area contributed by atoms with E-state index in [1.54, 1.807) is 7.11 Å². The van der Waals surface area contributed by atoms with Crippen LogP contribution in [0.1, 0.15) is 20.8 Å². The fraction of sp³-hybridized carbons (Fsp3) is 0.857. The Kier molecular flexibility index (Phi) is 1.68.